The van der Waals surface area contributed by atoms with Crippen molar-refractivity contribution in [1.82, 2.24) is 14.7 Å². The van der Waals surface area contributed by atoms with Crippen LogP contribution in [-0.2, 0) is 18.4 Å². The Kier molecular flexibility index (Phi) is 4.24. The van der Waals surface area contributed by atoms with E-state index >= 15 is 0 Å². The van der Waals surface area contributed by atoms with Crippen LogP contribution < -0.4 is 4.90 Å². The molecule has 2 aromatic carbocycles. The fourth-order valence-corrected chi connectivity index (χ4v) is 3.57. The molecule has 7 heteroatoms. The molecule has 0 radical (unpaired) electrons. The quantitative estimate of drug-likeness (QED) is 0.658. The molecule has 132 valence electrons. The lowest BCUT2D eigenvalue weighted by Crippen LogP contribution is -2.52. The summed E-state index contributed by atoms with van der Waals surface area (Å²) in [5.41, 5.74) is 1.85. The van der Waals surface area contributed by atoms with E-state index in [2.05, 4.69) is 21.0 Å². The number of hydrogen-bond acceptors (Lipinski definition) is 3. The van der Waals surface area contributed by atoms with Crippen LogP contribution in [0.4, 0.5) is 10.6 Å². The zero-order chi connectivity index (χ0) is 18.3. The van der Waals surface area contributed by atoms with E-state index in [-0.39, 0.29) is 24.9 Å². The van der Waals surface area contributed by atoms with Crippen LogP contribution in [0.3, 0.4) is 0 Å². The van der Waals surface area contributed by atoms with E-state index in [0.29, 0.717) is 12.4 Å². The summed E-state index contributed by atoms with van der Waals surface area (Å²) in [6.07, 6.45) is 0.285. The number of carbonyl (C=O) groups is 2. The highest BCUT2D eigenvalue weighted by Crippen LogP contribution is 2.30. The molecule has 0 saturated carbocycles. The molecule has 1 saturated heterocycles. The van der Waals surface area contributed by atoms with Crippen LogP contribution in [-0.4, -0.2) is 33.2 Å². The number of aryl methyl sites for hydroxylation is 1. The second kappa shape index (κ2) is 6.57. The molecule has 3 amide bonds. The molecule has 0 aliphatic carbocycles. The third-order valence-corrected chi connectivity index (χ3v) is 5.04. The Morgan fingerprint density at radius 3 is 2.65 bits per heavy atom. The van der Waals surface area contributed by atoms with Gasteiger partial charge in [-0.2, -0.15) is 5.10 Å². The largest absolute Gasteiger partial charge is 0.332 e. The first-order chi connectivity index (χ1) is 12.5. The van der Waals surface area contributed by atoms with Crippen LogP contribution in [0.1, 0.15) is 12.0 Å². The summed E-state index contributed by atoms with van der Waals surface area (Å²) < 4.78 is 2.70. The van der Waals surface area contributed by atoms with Crippen molar-refractivity contribution in [2.45, 2.75) is 13.0 Å². The minimum absolute atomic E-state index is 0.155. The van der Waals surface area contributed by atoms with E-state index < -0.39 is 0 Å². The number of nitrogens with zero attached hydrogens (tertiary/aromatic N) is 4. The van der Waals surface area contributed by atoms with E-state index in [9.17, 15) is 9.59 Å². The summed E-state index contributed by atoms with van der Waals surface area (Å²) in [7, 11) is 1.85. The molecule has 26 heavy (non-hydrogen) atoms. The molecule has 1 aliphatic heterocycles. The minimum atomic E-state index is -0.326. The summed E-state index contributed by atoms with van der Waals surface area (Å²) in [4.78, 5) is 28.3. The van der Waals surface area contributed by atoms with Crippen molar-refractivity contribution >= 4 is 44.6 Å². The number of amides is 3. The first-order valence-corrected chi connectivity index (χ1v) is 9.12. The molecule has 2 heterocycles. The summed E-state index contributed by atoms with van der Waals surface area (Å²) >= 11 is 3.46. The number of anilines is 1. The van der Waals surface area contributed by atoms with Gasteiger partial charge in [-0.15, -0.1) is 0 Å². The van der Waals surface area contributed by atoms with E-state index in [4.69, 9.17) is 0 Å². The lowest BCUT2D eigenvalue weighted by atomic mass is 10.1. The maximum atomic E-state index is 13.0. The van der Waals surface area contributed by atoms with Crippen molar-refractivity contribution < 1.29 is 9.59 Å². The summed E-state index contributed by atoms with van der Waals surface area (Å²) in [5, 5.41) is 5.42. The number of aromatic nitrogens is 2. The number of hydrogen-bond donors (Lipinski definition) is 0. The number of carbonyl (C=O) groups excluding carboxylic acids is 2. The molecular formula is C19H17BrN4O2. The van der Waals surface area contributed by atoms with Gasteiger partial charge in [-0.25, -0.2) is 4.79 Å². The molecule has 1 aromatic heterocycles. The van der Waals surface area contributed by atoms with Gasteiger partial charge in [0.05, 0.1) is 12.1 Å². The highest BCUT2D eigenvalue weighted by molar-refractivity contribution is 9.10. The summed E-state index contributed by atoms with van der Waals surface area (Å²) in [5.74, 6) is 0.434. The number of imide groups is 1. The van der Waals surface area contributed by atoms with Crippen molar-refractivity contribution in [2.75, 3.05) is 11.4 Å². The van der Waals surface area contributed by atoms with Crippen molar-refractivity contribution in [1.29, 1.82) is 0 Å². The SMILES string of the molecule is Cn1nc(N2CCC(=O)N(Cc3ccccc3)C2=O)c2ccc(Br)cc21. The van der Waals surface area contributed by atoms with Gasteiger partial charge in [0, 0.05) is 29.9 Å². The van der Waals surface area contributed by atoms with Gasteiger partial charge in [0.1, 0.15) is 0 Å². The Labute approximate surface area is 159 Å². The number of benzene rings is 2. The summed E-state index contributed by atoms with van der Waals surface area (Å²) in [6.45, 7) is 0.608. The molecule has 4 rings (SSSR count). The molecule has 1 aliphatic rings. The monoisotopic (exact) mass is 412 g/mol. The van der Waals surface area contributed by atoms with Crippen LogP contribution in [0.15, 0.2) is 53.0 Å². The topological polar surface area (TPSA) is 58.4 Å². The van der Waals surface area contributed by atoms with E-state index in [0.717, 1.165) is 20.9 Å². The number of fused-ring (bicyclic) bond motifs is 1. The molecule has 1 fully saturated rings. The van der Waals surface area contributed by atoms with Crippen LogP contribution in [0.25, 0.3) is 10.9 Å². The lowest BCUT2D eigenvalue weighted by molar-refractivity contribution is -0.129. The third-order valence-electron chi connectivity index (χ3n) is 4.55. The first-order valence-electron chi connectivity index (χ1n) is 8.32. The van der Waals surface area contributed by atoms with Crippen LogP contribution >= 0.6 is 15.9 Å². The van der Waals surface area contributed by atoms with Crippen molar-refractivity contribution in [3.05, 3.63) is 58.6 Å². The molecule has 0 atom stereocenters. The molecule has 3 aromatic rings. The molecule has 0 N–H and O–H groups in total. The van der Waals surface area contributed by atoms with Crippen molar-refractivity contribution in [3.8, 4) is 0 Å². The Balaban J connectivity index is 1.69. The maximum absolute atomic E-state index is 13.0. The fraction of sp³-hybridized carbons (Fsp3) is 0.211. The zero-order valence-electron chi connectivity index (χ0n) is 14.2. The Bertz CT molecular complexity index is 999. The third kappa shape index (κ3) is 2.88. The van der Waals surface area contributed by atoms with Gasteiger partial charge in [0.25, 0.3) is 0 Å². The highest BCUT2D eigenvalue weighted by atomic mass is 79.9. The smallest absolute Gasteiger partial charge is 0.275 e. The zero-order valence-corrected chi connectivity index (χ0v) is 15.8. The predicted molar refractivity (Wildman–Crippen MR) is 103 cm³/mol. The number of halogens is 1. The number of rotatable bonds is 3. The summed E-state index contributed by atoms with van der Waals surface area (Å²) in [6, 6.07) is 15.0. The predicted octanol–water partition coefficient (Wildman–Crippen LogP) is 3.69. The second-order valence-corrected chi connectivity index (χ2v) is 7.17. The van der Waals surface area contributed by atoms with Gasteiger partial charge < -0.3 is 0 Å². The molecular weight excluding hydrogens is 396 g/mol. The first kappa shape index (κ1) is 16.8. The van der Waals surface area contributed by atoms with E-state index in [1.54, 1.807) is 9.58 Å². The average molecular weight is 413 g/mol. The van der Waals surface area contributed by atoms with Gasteiger partial charge in [-0.1, -0.05) is 46.3 Å². The van der Waals surface area contributed by atoms with Gasteiger partial charge in [0.2, 0.25) is 5.91 Å². The van der Waals surface area contributed by atoms with Crippen LogP contribution in [0.5, 0.6) is 0 Å². The van der Waals surface area contributed by atoms with Gasteiger partial charge in [-0.05, 0) is 23.8 Å². The van der Waals surface area contributed by atoms with Gasteiger partial charge >= 0.3 is 6.03 Å². The van der Waals surface area contributed by atoms with Crippen LogP contribution in [0, 0.1) is 0 Å². The average Bonchev–Trinajstić information content (AvgIpc) is 2.95. The van der Waals surface area contributed by atoms with E-state index in [1.165, 1.54) is 4.90 Å². The highest BCUT2D eigenvalue weighted by Gasteiger charge is 2.35. The maximum Gasteiger partial charge on any atom is 0.332 e. The Morgan fingerprint density at radius 1 is 1.12 bits per heavy atom. The Hall–Kier alpha value is -2.67. The lowest BCUT2D eigenvalue weighted by Gasteiger charge is -2.33. The molecule has 0 bridgehead atoms. The molecule has 6 nitrogen and oxygen atoms in total. The fourth-order valence-electron chi connectivity index (χ4n) is 3.22. The van der Waals surface area contributed by atoms with Crippen molar-refractivity contribution in [3.63, 3.8) is 0 Å². The van der Waals surface area contributed by atoms with Crippen molar-refractivity contribution in [2.24, 2.45) is 7.05 Å². The second-order valence-electron chi connectivity index (χ2n) is 6.26. The Morgan fingerprint density at radius 2 is 1.88 bits per heavy atom. The van der Waals surface area contributed by atoms with Crippen LogP contribution in [0.2, 0.25) is 0 Å². The molecule has 0 unspecified atom stereocenters. The standard InChI is InChI=1S/C19H17BrN4O2/c1-22-16-11-14(20)7-8-15(16)18(21-22)23-10-9-17(25)24(19(23)26)12-13-5-3-2-4-6-13/h2-8,11H,9-10,12H2,1H3. The molecule has 0 spiro atoms. The number of urea groups is 1. The van der Waals surface area contributed by atoms with Gasteiger partial charge in [0.15, 0.2) is 5.82 Å². The van der Waals surface area contributed by atoms with Gasteiger partial charge in [-0.3, -0.25) is 19.3 Å². The van der Waals surface area contributed by atoms with E-state index in [1.807, 2.05) is 55.6 Å². The minimum Gasteiger partial charge on any atom is -0.275 e. The normalized spacial score (nSPS) is 15.2.